The molecular formula is C13H12BrNO3. The third-order valence-corrected chi connectivity index (χ3v) is 4.30. The van der Waals surface area contributed by atoms with Crippen LogP contribution < -0.4 is 0 Å². The lowest BCUT2D eigenvalue weighted by molar-refractivity contribution is -0.143. The van der Waals surface area contributed by atoms with Crippen molar-refractivity contribution < 1.29 is 14.7 Å². The Labute approximate surface area is 113 Å². The fraction of sp³-hybridized carbons (Fsp3) is 0.385. The molecule has 3 atom stereocenters. The molecule has 3 rings (SSSR count). The number of nitrogens with zero attached hydrogens (tertiary/aromatic N) is 1. The van der Waals surface area contributed by atoms with Gasteiger partial charge in [-0.05, 0) is 18.1 Å². The zero-order chi connectivity index (χ0) is 12.9. The molecular weight excluding hydrogens is 298 g/mol. The van der Waals surface area contributed by atoms with Crippen molar-refractivity contribution in [2.24, 2.45) is 11.8 Å². The largest absolute Gasteiger partial charge is 0.386 e. The Hall–Kier alpha value is -1.20. The maximum atomic E-state index is 11.8. The van der Waals surface area contributed by atoms with E-state index in [2.05, 4.69) is 15.9 Å². The van der Waals surface area contributed by atoms with Crippen molar-refractivity contribution in [2.75, 3.05) is 6.54 Å². The van der Waals surface area contributed by atoms with Gasteiger partial charge in [0.1, 0.15) is 0 Å². The summed E-state index contributed by atoms with van der Waals surface area (Å²) in [5, 5.41) is 10.1. The Morgan fingerprint density at radius 1 is 1.28 bits per heavy atom. The van der Waals surface area contributed by atoms with Gasteiger partial charge in [0.05, 0.1) is 24.5 Å². The van der Waals surface area contributed by atoms with Crippen molar-refractivity contribution in [3.05, 3.63) is 34.3 Å². The van der Waals surface area contributed by atoms with Crippen LogP contribution in [0.2, 0.25) is 0 Å². The minimum atomic E-state index is -0.842. The molecule has 0 unspecified atom stereocenters. The third-order valence-electron chi connectivity index (χ3n) is 3.58. The molecule has 1 saturated carbocycles. The Kier molecular flexibility index (Phi) is 2.75. The Balaban J connectivity index is 1.76. The van der Waals surface area contributed by atoms with Crippen LogP contribution in [0.4, 0.5) is 0 Å². The zero-order valence-corrected chi connectivity index (χ0v) is 11.1. The molecule has 1 heterocycles. The van der Waals surface area contributed by atoms with Gasteiger partial charge in [0.25, 0.3) is 0 Å². The maximum absolute atomic E-state index is 11.8. The van der Waals surface area contributed by atoms with Gasteiger partial charge in [-0.2, -0.15) is 0 Å². The summed E-state index contributed by atoms with van der Waals surface area (Å²) in [6, 6.07) is 7.26. The second kappa shape index (κ2) is 4.17. The normalized spacial score (nSPS) is 27.3. The van der Waals surface area contributed by atoms with Gasteiger partial charge in [-0.25, -0.2) is 0 Å². The number of fused-ring (bicyclic) bond motifs is 1. The van der Waals surface area contributed by atoms with Crippen LogP contribution in [0, 0.1) is 11.8 Å². The van der Waals surface area contributed by atoms with Gasteiger partial charge in [-0.1, -0.05) is 34.1 Å². The first-order valence-electron chi connectivity index (χ1n) is 5.87. The number of β-amino-alcohol motifs (C(OH)–C–C–N with tert-alkyl or cyclic N) is 1. The van der Waals surface area contributed by atoms with Gasteiger partial charge in [0.2, 0.25) is 11.8 Å². The van der Waals surface area contributed by atoms with Gasteiger partial charge >= 0.3 is 0 Å². The van der Waals surface area contributed by atoms with E-state index in [0.29, 0.717) is 12.0 Å². The van der Waals surface area contributed by atoms with Gasteiger partial charge < -0.3 is 5.11 Å². The summed E-state index contributed by atoms with van der Waals surface area (Å²) in [4.78, 5) is 24.8. The highest BCUT2D eigenvalue weighted by Gasteiger charge is 2.58. The van der Waals surface area contributed by atoms with Crippen molar-refractivity contribution in [3.63, 3.8) is 0 Å². The van der Waals surface area contributed by atoms with E-state index >= 15 is 0 Å². The van der Waals surface area contributed by atoms with E-state index in [0.717, 1.165) is 4.47 Å². The van der Waals surface area contributed by atoms with Crippen molar-refractivity contribution in [3.8, 4) is 0 Å². The van der Waals surface area contributed by atoms with Crippen molar-refractivity contribution in [1.82, 2.24) is 4.90 Å². The van der Waals surface area contributed by atoms with Crippen LogP contribution in [0.25, 0.3) is 0 Å². The highest BCUT2D eigenvalue weighted by molar-refractivity contribution is 9.10. The van der Waals surface area contributed by atoms with Crippen molar-refractivity contribution in [2.45, 2.75) is 12.5 Å². The molecule has 18 heavy (non-hydrogen) atoms. The molecule has 1 saturated heterocycles. The van der Waals surface area contributed by atoms with E-state index in [-0.39, 0.29) is 30.2 Å². The third kappa shape index (κ3) is 1.78. The highest BCUT2D eigenvalue weighted by atomic mass is 79.9. The molecule has 1 aliphatic carbocycles. The van der Waals surface area contributed by atoms with E-state index in [1.54, 1.807) is 6.07 Å². The zero-order valence-electron chi connectivity index (χ0n) is 9.54. The van der Waals surface area contributed by atoms with E-state index in [4.69, 9.17) is 0 Å². The molecule has 0 radical (unpaired) electrons. The molecule has 1 aromatic carbocycles. The SMILES string of the molecule is O=C1[C@H]2C[C@H]2C(=O)N1C[C@H](O)c1ccccc1Br. The predicted octanol–water partition coefficient (Wildman–Crippen LogP) is 1.49. The predicted molar refractivity (Wildman–Crippen MR) is 67.4 cm³/mol. The molecule has 2 fully saturated rings. The number of aliphatic hydroxyl groups is 1. The number of rotatable bonds is 3. The number of carbonyl (C=O) groups is 2. The summed E-state index contributed by atoms with van der Waals surface area (Å²) < 4.78 is 0.779. The first-order valence-corrected chi connectivity index (χ1v) is 6.66. The smallest absolute Gasteiger partial charge is 0.233 e. The number of hydrogen-bond donors (Lipinski definition) is 1. The summed E-state index contributed by atoms with van der Waals surface area (Å²) in [6.45, 7) is 0.0489. The number of halogens is 1. The first kappa shape index (κ1) is 11.9. The van der Waals surface area contributed by atoms with Crippen LogP contribution in [-0.4, -0.2) is 28.4 Å². The van der Waals surface area contributed by atoms with E-state index in [1.165, 1.54) is 4.90 Å². The minimum absolute atomic E-state index is 0.0489. The number of likely N-dealkylation sites (tertiary alicyclic amines) is 1. The van der Waals surface area contributed by atoms with Gasteiger partial charge in [-0.3, -0.25) is 14.5 Å². The number of carbonyl (C=O) groups excluding carboxylic acids is 2. The lowest BCUT2D eigenvalue weighted by atomic mass is 10.1. The monoisotopic (exact) mass is 309 g/mol. The number of amides is 2. The molecule has 2 aliphatic rings. The number of hydrogen-bond acceptors (Lipinski definition) is 3. The highest BCUT2D eigenvalue weighted by Crippen LogP contribution is 2.47. The molecule has 0 bridgehead atoms. The second-order valence-corrected chi connectivity index (χ2v) is 5.63. The summed E-state index contributed by atoms with van der Waals surface area (Å²) in [6.07, 6.45) is -0.148. The summed E-state index contributed by atoms with van der Waals surface area (Å²) >= 11 is 3.35. The first-order chi connectivity index (χ1) is 8.59. The quantitative estimate of drug-likeness (QED) is 0.861. The molecule has 0 aromatic heterocycles. The minimum Gasteiger partial charge on any atom is -0.386 e. The second-order valence-electron chi connectivity index (χ2n) is 4.77. The lowest BCUT2D eigenvalue weighted by Gasteiger charge is -2.21. The molecule has 0 spiro atoms. The summed E-state index contributed by atoms with van der Waals surface area (Å²) in [5.41, 5.74) is 0.693. The van der Waals surface area contributed by atoms with Crippen LogP contribution >= 0.6 is 15.9 Å². The van der Waals surface area contributed by atoms with Crippen LogP contribution in [0.15, 0.2) is 28.7 Å². The fourth-order valence-corrected chi connectivity index (χ4v) is 3.00. The Morgan fingerprint density at radius 2 is 1.89 bits per heavy atom. The topological polar surface area (TPSA) is 57.6 Å². The fourth-order valence-electron chi connectivity index (χ4n) is 2.45. The van der Waals surface area contributed by atoms with E-state index < -0.39 is 6.10 Å². The van der Waals surface area contributed by atoms with Crippen molar-refractivity contribution in [1.29, 1.82) is 0 Å². The molecule has 1 aliphatic heterocycles. The Morgan fingerprint density at radius 3 is 2.50 bits per heavy atom. The summed E-state index contributed by atoms with van der Waals surface area (Å²) in [7, 11) is 0. The molecule has 1 aromatic rings. The standard InChI is InChI=1S/C13H12BrNO3/c14-10-4-2-1-3-7(10)11(16)6-15-12(17)8-5-9(8)13(15)18/h1-4,8-9,11,16H,5-6H2/t8-,9+,11-/m0/s1. The van der Waals surface area contributed by atoms with Crippen LogP contribution in [-0.2, 0) is 9.59 Å². The molecule has 2 amide bonds. The summed E-state index contributed by atoms with van der Waals surface area (Å²) in [5.74, 6) is -0.472. The number of piperidine rings is 1. The van der Waals surface area contributed by atoms with Crippen LogP contribution in [0.5, 0.6) is 0 Å². The van der Waals surface area contributed by atoms with E-state index in [9.17, 15) is 14.7 Å². The average molecular weight is 310 g/mol. The van der Waals surface area contributed by atoms with Crippen molar-refractivity contribution >= 4 is 27.7 Å². The van der Waals surface area contributed by atoms with E-state index in [1.807, 2.05) is 18.2 Å². The number of benzene rings is 1. The van der Waals surface area contributed by atoms with Gasteiger partial charge in [-0.15, -0.1) is 0 Å². The number of imide groups is 1. The van der Waals surface area contributed by atoms with Crippen LogP contribution in [0.3, 0.4) is 0 Å². The lowest BCUT2D eigenvalue weighted by Crippen LogP contribution is -2.36. The molecule has 94 valence electrons. The van der Waals surface area contributed by atoms with Gasteiger partial charge in [0, 0.05) is 4.47 Å². The molecule has 4 nitrogen and oxygen atoms in total. The number of aliphatic hydroxyl groups excluding tert-OH is 1. The van der Waals surface area contributed by atoms with Gasteiger partial charge in [0.15, 0.2) is 0 Å². The average Bonchev–Trinajstić information content (AvgIpc) is 3.10. The maximum Gasteiger partial charge on any atom is 0.233 e. The Bertz CT molecular complexity index is 511. The molecule has 5 heteroatoms. The molecule has 1 N–H and O–H groups in total. The van der Waals surface area contributed by atoms with Crippen LogP contribution in [0.1, 0.15) is 18.1 Å².